The van der Waals surface area contributed by atoms with Gasteiger partial charge in [-0.2, -0.15) is 0 Å². The van der Waals surface area contributed by atoms with Gasteiger partial charge in [0, 0.05) is 4.57 Å². The van der Waals surface area contributed by atoms with Crippen LogP contribution < -0.4 is 0 Å². The van der Waals surface area contributed by atoms with Crippen molar-refractivity contribution in [3.8, 4) is 0 Å². The summed E-state index contributed by atoms with van der Waals surface area (Å²) in [5.41, 5.74) is 6.42. The van der Waals surface area contributed by atoms with Crippen LogP contribution in [-0.2, 0) is 32.7 Å². The van der Waals surface area contributed by atoms with Crippen molar-refractivity contribution in [1.29, 1.82) is 0 Å². The number of esters is 2. The van der Waals surface area contributed by atoms with Crippen molar-refractivity contribution >= 4 is 20.2 Å². The lowest BCUT2D eigenvalue weighted by molar-refractivity contribution is -0.140. The number of carbonyl (C=O) groups is 2. The molecular weight excluding hydrogens is 383 g/mol. The van der Waals surface area contributed by atoms with Crippen molar-refractivity contribution < 1.29 is 32.7 Å². The first-order valence-electron chi connectivity index (χ1n) is 9.33. The second-order valence-electron chi connectivity index (χ2n) is 5.69. The molecule has 0 saturated carbocycles. The van der Waals surface area contributed by atoms with E-state index in [9.17, 15) is 14.2 Å². The molecule has 0 N–H and O–H groups in total. The smallest absolute Gasteiger partial charge is 0.459 e. The standard InChI is InChI=1S/C20H30O7P/c1-5-7-9-11-17(3)19(21)24-13-15-26-28(23)27-16-14-25-20(22)18(4)12-10-8-6-2/h9-10H,5-8,13-16H2,1-4H3/q+1. The third-order valence-electron chi connectivity index (χ3n) is 3.14. The van der Waals surface area contributed by atoms with Crippen molar-refractivity contribution in [2.24, 2.45) is 0 Å². The fraction of sp³-hybridized carbons (Fsp3) is 0.600. The second kappa shape index (κ2) is 17.1. The monoisotopic (exact) mass is 413 g/mol. The predicted octanol–water partition coefficient (Wildman–Crippen LogP) is 4.57. The van der Waals surface area contributed by atoms with Crippen LogP contribution in [0.2, 0.25) is 0 Å². The molecule has 156 valence electrons. The van der Waals surface area contributed by atoms with Crippen LogP contribution in [0.4, 0.5) is 0 Å². The highest BCUT2D eigenvalue weighted by atomic mass is 31.1. The van der Waals surface area contributed by atoms with Crippen LogP contribution in [-0.4, -0.2) is 38.4 Å². The lowest BCUT2D eigenvalue weighted by atomic mass is 10.3. The van der Waals surface area contributed by atoms with E-state index >= 15 is 0 Å². The van der Waals surface area contributed by atoms with E-state index in [1.54, 1.807) is 26.0 Å². The number of hydrogen-bond donors (Lipinski definition) is 0. The summed E-state index contributed by atoms with van der Waals surface area (Å²) >= 11 is 0. The molecule has 0 aliphatic carbocycles. The molecule has 0 unspecified atom stereocenters. The molecule has 0 aromatic rings. The van der Waals surface area contributed by atoms with E-state index in [4.69, 9.17) is 18.5 Å². The van der Waals surface area contributed by atoms with Crippen molar-refractivity contribution in [3.63, 3.8) is 0 Å². The third-order valence-corrected chi connectivity index (χ3v) is 3.93. The summed E-state index contributed by atoms with van der Waals surface area (Å²) in [5, 5.41) is 0. The van der Waals surface area contributed by atoms with E-state index in [0.29, 0.717) is 11.1 Å². The van der Waals surface area contributed by atoms with E-state index in [2.05, 4.69) is 11.5 Å². The average molecular weight is 413 g/mol. The minimum atomic E-state index is -2.39. The predicted molar refractivity (Wildman–Crippen MR) is 106 cm³/mol. The molecule has 0 aromatic carbocycles. The van der Waals surface area contributed by atoms with Gasteiger partial charge in [0.15, 0.2) is 0 Å². The van der Waals surface area contributed by atoms with Gasteiger partial charge in [-0.05, 0) is 38.8 Å². The molecule has 0 heterocycles. The van der Waals surface area contributed by atoms with E-state index in [0.717, 1.165) is 25.7 Å². The summed E-state index contributed by atoms with van der Waals surface area (Å²) in [5.74, 6) is -1.01. The zero-order chi connectivity index (χ0) is 21.2. The lowest BCUT2D eigenvalue weighted by Crippen LogP contribution is -2.11. The highest BCUT2D eigenvalue weighted by molar-refractivity contribution is 7.33. The quantitative estimate of drug-likeness (QED) is 0.136. The topological polar surface area (TPSA) is 88.1 Å². The largest absolute Gasteiger partial charge is 0.697 e. The Morgan fingerprint density at radius 1 is 0.786 bits per heavy atom. The molecule has 0 bridgehead atoms. The Bertz CT molecular complexity index is 585. The molecule has 0 atom stereocenters. The molecule has 0 rings (SSSR count). The number of ether oxygens (including phenoxy) is 2. The van der Waals surface area contributed by atoms with Crippen molar-refractivity contribution in [1.82, 2.24) is 0 Å². The summed E-state index contributed by atoms with van der Waals surface area (Å²) in [6.45, 7) is 7.01. The fourth-order valence-electron chi connectivity index (χ4n) is 1.60. The Morgan fingerprint density at radius 2 is 1.18 bits per heavy atom. The van der Waals surface area contributed by atoms with E-state index < -0.39 is 20.2 Å². The summed E-state index contributed by atoms with van der Waals surface area (Å²) in [6.07, 6.45) is 7.19. The van der Waals surface area contributed by atoms with E-state index in [1.807, 2.05) is 13.8 Å². The molecule has 8 heteroatoms. The molecule has 0 aromatic heterocycles. The lowest BCUT2D eigenvalue weighted by Gasteiger charge is -2.01. The highest BCUT2D eigenvalue weighted by Gasteiger charge is 2.20. The first-order valence-corrected chi connectivity index (χ1v) is 10.4. The minimum absolute atomic E-state index is 0.0564. The summed E-state index contributed by atoms with van der Waals surface area (Å²) in [6, 6.07) is 0. The van der Waals surface area contributed by atoms with Gasteiger partial charge >= 0.3 is 20.2 Å². The van der Waals surface area contributed by atoms with Crippen LogP contribution in [0.5, 0.6) is 0 Å². The Labute approximate surface area is 168 Å². The van der Waals surface area contributed by atoms with Gasteiger partial charge in [-0.1, -0.05) is 26.7 Å². The zero-order valence-electron chi connectivity index (χ0n) is 17.1. The number of rotatable bonds is 14. The van der Waals surface area contributed by atoms with Crippen molar-refractivity contribution in [2.45, 2.75) is 53.4 Å². The van der Waals surface area contributed by atoms with Gasteiger partial charge in [-0.15, -0.1) is 20.5 Å². The van der Waals surface area contributed by atoms with Crippen LogP contribution in [0.1, 0.15) is 53.4 Å². The van der Waals surface area contributed by atoms with Gasteiger partial charge in [0.1, 0.15) is 26.4 Å². The summed E-state index contributed by atoms with van der Waals surface area (Å²) in [7, 11) is -2.39. The van der Waals surface area contributed by atoms with Crippen LogP contribution in [0.25, 0.3) is 0 Å². The zero-order valence-corrected chi connectivity index (χ0v) is 18.0. The number of carbonyl (C=O) groups excluding carboxylic acids is 2. The molecule has 0 aliphatic heterocycles. The molecule has 0 fully saturated rings. The van der Waals surface area contributed by atoms with Crippen LogP contribution in [0, 0.1) is 0 Å². The Hall–Kier alpha value is -2.00. The van der Waals surface area contributed by atoms with E-state index in [1.165, 1.54) is 0 Å². The SMILES string of the molecule is CCCC=C=C(C)C(=O)OCCO[P+](=O)OCCOC(=O)C(C)=C=CCCC. The Balaban J connectivity index is 3.92. The normalized spacial score (nSPS) is 10.2. The minimum Gasteiger partial charge on any atom is -0.459 e. The number of unbranched alkanes of at least 4 members (excludes halogenated alkanes) is 2. The van der Waals surface area contributed by atoms with Gasteiger partial charge in [-0.25, -0.2) is 9.59 Å². The fourth-order valence-corrected chi connectivity index (χ4v) is 2.12. The molecule has 0 radical (unpaired) electrons. The van der Waals surface area contributed by atoms with Crippen molar-refractivity contribution in [2.75, 3.05) is 26.4 Å². The van der Waals surface area contributed by atoms with Gasteiger partial charge in [0.05, 0.1) is 11.1 Å². The van der Waals surface area contributed by atoms with Crippen LogP contribution in [0.3, 0.4) is 0 Å². The maximum atomic E-state index is 11.6. The average Bonchev–Trinajstić information content (AvgIpc) is 2.68. The first kappa shape index (κ1) is 26.0. The maximum Gasteiger partial charge on any atom is 0.697 e. The molecule has 0 aliphatic rings. The van der Waals surface area contributed by atoms with Gasteiger partial charge < -0.3 is 9.47 Å². The molecular formula is C20H30O7P+. The third kappa shape index (κ3) is 14.1. The Kier molecular flexibility index (Phi) is 15.9. The van der Waals surface area contributed by atoms with Crippen LogP contribution >= 0.6 is 8.25 Å². The molecule has 7 nitrogen and oxygen atoms in total. The second-order valence-corrected chi connectivity index (χ2v) is 6.65. The van der Waals surface area contributed by atoms with Gasteiger partial charge in [0.2, 0.25) is 0 Å². The molecule has 28 heavy (non-hydrogen) atoms. The summed E-state index contributed by atoms with van der Waals surface area (Å²) in [4.78, 5) is 23.3. The Morgan fingerprint density at radius 3 is 1.54 bits per heavy atom. The van der Waals surface area contributed by atoms with Crippen LogP contribution in [0.15, 0.2) is 34.8 Å². The van der Waals surface area contributed by atoms with E-state index in [-0.39, 0.29) is 26.4 Å². The number of hydrogen-bond acceptors (Lipinski definition) is 7. The highest BCUT2D eigenvalue weighted by Crippen LogP contribution is 2.22. The molecule has 0 saturated heterocycles. The van der Waals surface area contributed by atoms with Crippen molar-refractivity contribution in [3.05, 3.63) is 34.8 Å². The molecule has 0 spiro atoms. The van der Waals surface area contributed by atoms with Gasteiger partial charge in [0.25, 0.3) is 0 Å². The summed E-state index contributed by atoms with van der Waals surface area (Å²) < 4.78 is 31.2. The van der Waals surface area contributed by atoms with Gasteiger partial charge in [-0.3, -0.25) is 0 Å². The first-order chi connectivity index (χ1) is 13.4. The molecule has 0 amide bonds. The maximum absolute atomic E-state index is 11.6.